The van der Waals surface area contributed by atoms with Gasteiger partial charge in [-0.05, 0) is 38.8 Å². The molecule has 1 aliphatic rings. The fourth-order valence-corrected chi connectivity index (χ4v) is 2.82. The van der Waals surface area contributed by atoms with Crippen molar-refractivity contribution in [2.75, 3.05) is 26.2 Å². The molecule has 2 rings (SSSR count). The normalized spacial score (nSPS) is 18.1. The average Bonchev–Trinajstić information content (AvgIpc) is 2.48. The number of hydrogen-bond acceptors (Lipinski definition) is 4. The van der Waals surface area contributed by atoms with Crippen molar-refractivity contribution < 1.29 is 9.53 Å². The molecule has 0 N–H and O–H groups in total. The SMILES string of the molecule is CCC(c1cccnc1)N1CCN(C(=O)OC(C)(C)C)CC1. The summed E-state index contributed by atoms with van der Waals surface area (Å²) in [6, 6.07) is 4.48. The molecule has 1 saturated heterocycles. The Labute approximate surface area is 133 Å². The van der Waals surface area contributed by atoms with E-state index in [2.05, 4.69) is 22.9 Å². The molecule has 0 radical (unpaired) electrons. The van der Waals surface area contributed by atoms with Crippen LogP contribution in [0.15, 0.2) is 24.5 Å². The van der Waals surface area contributed by atoms with Crippen molar-refractivity contribution in [2.45, 2.75) is 45.8 Å². The molecule has 1 aromatic rings. The Morgan fingerprint density at radius 2 is 2.00 bits per heavy atom. The number of amides is 1. The molecule has 5 nitrogen and oxygen atoms in total. The summed E-state index contributed by atoms with van der Waals surface area (Å²) in [5, 5.41) is 0. The molecule has 0 aliphatic carbocycles. The van der Waals surface area contributed by atoms with Gasteiger partial charge in [-0.1, -0.05) is 13.0 Å². The lowest BCUT2D eigenvalue weighted by atomic mass is 10.0. The van der Waals surface area contributed by atoms with Crippen LogP contribution in [0.2, 0.25) is 0 Å². The molecular formula is C17H27N3O2. The van der Waals surface area contributed by atoms with E-state index in [4.69, 9.17) is 4.74 Å². The van der Waals surface area contributed by atoms with Crippen molar-refractivity contribution in [1.29, 1.82) is 0 Å². The highest BCUT2D eigenvalue weighted by Crippen LogP contribution is 2.25. The minimum atomic E-state index is -0.435. The first-order chi connectivity index (χ1) is 10.4. The van der Waals surface area contributed by atoms with Crippen LogP contribution in [0, 0.1) is 0 Å². The second-order valence-corrected chi connectivity index (χ2v) is 6.71. The Kier molecular flexibility index (Phi) is 5.40. The van der Waals surface area contributed by atoms with Gasteiger partial charge >= 0.3 is 6.09 Å². The summed E-state index contributed by atoms with van der Waals surface area (Å²) in [6.45, 7) is 11.1. The maximum Gasteiger partial charge on any atom is 0.410 e. The zero-order chi connectivity index (χ0) is 16.2. The fraction of sp³-hybridized carbons (Fsp3) is 0.647. The van der Waals surface area contributed by atoms with Gasteiger partial charge in [0.2, 0.25) is 0 Å². The van der Waals surface area contributed by atoms with Gasteiger partial charge in [0.05, 0.1) is 0 Å². The number of nitrogens with zero attached hydrogens (tertiary/aromatic N) is 3. The first-order valence-electron chi connectivity index (χ1n) is 8.02. The standard InChI is InChI=1S/C17H27N3O2/c1-5-15(14-7-6-8-18-13-14)19-9-11-20(12-10-19)16(21)22-17(2,3)4/h6-8,13,15H,5,9-12H2,1-4H3. The van der Waals surface area contributed by atoms with E-state index in [1.54, 1.807) is 11.1 Å². The Balaban J connectivity index is 1.92. The average molecular weight is 305 g/mol. The number of pyridine rings is 1. The van der Waals surface area contributed by atoms with Crippen LogP contribution in [0.25, 0.3) is 0 Å². The van der Waals surface area contributed by atoms with E-state index in [9.17, 15) is 4.79 Å². The molecule has 1 amide bonds. The van der Waals surface area contributed by atoms with E-state index in [0.29, 0.717) is 19.1 Å². The number of hydrogen-bond donors (Lipinski definition) is 0. The van der Waals surface area contributed by atoms with Crippen molar-refractivity contribution in [3.8, 4) is 0 Å². The molecule has 0 aromatic carbocycles. The predicted molar refractivity (Wildman–Crippen MR) is 86.6 cm³/mol. The number of carbonyl (C=O) groups excluding carboxylic acids is 1. The van der Waals surface area contributed by atoms with Gasteiger partial charge in [-0.2, -0.15) is 0 Å². The molecule has 22 heavy (non-hydrogen) atoms. The first-order valence-corrected chi connectivity index (χ1v) is 8.02. The van der Waals surface area contributed by atoms with Crippen LogP contribution < -0.4 is 0 Å². The minimum absolute atomic E-state index is 0.207. The third-order valence-electron chi connectivity index (χ3n) is 3.86. The summed E-state index contributed by atoms with van der Waals surface area (Å²) >= 11 is 0. The molecule has 1 unspecified atom stereocenters. The summed E-state index contributed by atoms with van der Waals surface area (Å²) < 4.78 is 5.44. The predicted octanol–water partition coefficient (Wildman–Crippen LogP) is 3.09. The highest BCUT2D eigenvalue weighted by Gasteiger charge is 2.28. The molecule has 2 heterocycles. The Morgan fingerprint density at radius 1 is 1.32 bits per heavy atom. The van der Waals surface area contributed by atoms with E-state index in [1.165, 1.54) is 5.56 Å². The van der Waals surface area contributed by atoms with E-state index in [-0.39, 0.29) is 6.09 Å². The van der Waals surface area contributed by atoms with E-state index < -0.39 is 5.60 Å². The maximum atomic E-state index is 12.1. The lowest BCUT2D eigenvalue weighted by molar-refractivity contribution is 0.00996. The zero-order valence-corrected chi connectivity index (χ0v) is 14.1. The lowest BCUT2D eigenvalue weighted by Crippen LogP contribution is -2.50. The maximum absolute atomic E-state index is 12.1. The van der Waals surface area contributed by atoms with Crippen LogP contribution in [-0.2, 0) is 4.74 Å². The van der Waals surface area contributed by atoms with Crippen LogP contribution in [0.4, 0.5) is 4.79 Å². The largest absolute Gasteiger partial charge is 0.444 e. The van der Waals surface area contributed by atoms with Gasteiger partial charge in [-0.15, -0.1) is 0 Å². The Bertz CT molecular complexity index is 476. The Hall–Kier alpha value is -1.62. The van der Waals surface area contributed by atoms with Gasteiger partial charge in [0.15, 0.2) is 0 Å². The quantitative estimate of drug-likeness (QED) is 0.861. The van der Waals surface area contributed by atoms with Crippen LogP contribution in [0.3, 0.4) is 0 Å². The molecule has 1 aromatic heterocycles. The molecule has 1 fully saturated rings. The van der Waals surface area contributed by atoms with E-state index in [0.717, 1.165) is 19.5 Å². The molecule has 0 spiro atoms. The van der Waals surface area contributed by atoms with Crippen LogP contribution >= 0.6 is 0 Å². The highest BCUT2D eigenvalue weighted by molar-refractivity contribution is 5.68. The van der Waals surface area contributed by atoms with Crippen molar-refractivity contribution in [3.63, 3.8) is 0 Å². The van der Waals surface area contributed by atoms with Gasteiger partial charge in [-0.3, -0.25) is 9.88 Å². The molecular weight excluding hydrogens is 278 g/mol. The van der Waals surface area contributed by atoms with Crippen molar-refractivity contribution in [3.05, 3.63) is 30.1 Å². The smallest absolute Gasteiger partial charge is 0.410 e. The van der Waals surface area contributed by atoms with Crippen LogP contribution in [0.5, 0.6) is 0 Å². The number of rotatable bonds is 3. The molecule has 1 aliphatic heterocycles. The summed E-state index contributed by atoms with van der Waals surface area (Å²) in [5.74, 6) is 0. The van der Waals surface area contributed by atoms with E-state index >= 15 is 0 Å². The van der Waals surface area contributed by atoms with Gasteiger partial charge in [0.1, 0.15) is 5.60 Å². The third-order valence-corrected chi connectivity index (χ3v) is 3.86. The number of piperazine rings is 1. The van der Waals surface area contributed by atoms with Gasteiger partial charge in [0.25, 0.3) is 0 Å². The summed E-state index contributed by atoms with van der Waals surface area (Å²) in [5.41, 5.74) is 0.811. The summed E-state index contributed by atoms with van der Waals surface area (Å²) in [4.78, 5) is 20.6. The molecule has 0 saturated carbocycles. The first kappa shape index (κ1) is 16.7. The topological polar surface area (TPSA) is 45.7 Å². The van der Waals surface area contributed by atoms with Crippen molar-refractivity contribution in [2.24, 2.45) is 0 Å². The third kappa shape index (κ3) is 4.44. The zero-order valence-electron chi connectivity index (χ0n) is 14.1. The minimum Gasteiger partial charge on any atom is -0.444 e. The van der Waals surface area contributed by atoms with Gasteiger partial charge in [0, 0.05) is 44.6 Å². The Morgan fingerprint density at radius 3 is 2.50 bits per heavy atom. The summed E-state index contributed by atoms with van der Waals surface area (Å²) in [7, 11) is 0. The lowest BCUT2D eigenvalue weighted by Gasteiger charge is -2.39. The van der Waals surface area contributed by atoms with Crippen molar-refractivity contribution >= 4 is 6.09 Å². The van der Waals surface area contributed by atoms with Gasteiger partial charge < -0.3 is 9.64 Å². The fourth-order valence-electron chi connectivity index (χ4n) is 2.82. The second-order valence-electron chi connectivity index (χ2n) is 6.71. The number of ether oxygens (including phenoxy) is 1. The van der Waals surface area contributed by atoms with Gasteiger partial charge in [-0.25, -0.2) is 4.79 Å². The molecule has 5 heteroatoms. The van der Waals surface area contributed by atoms with Crippen molar-refractivity contribution in [1.82, 2.24) is 14.8 Å². The van der Waals surface area contributed by atoms with E-state index in [1.807, 2.05) is 33.0 Å². The highest BCUT2D eigenvalue weighted by atomic mass is 16.6. The molecule has 1 atom stereocenters. The second kappa shape index (κ2) is 7.09. The number of aromatic nitrogens is 1. The summed E-state index contributed by atoms with van der Waals surface area (Å²) in [6.07, 6.45) is 4.57. The van der Waals surface area contributed by atoms with Crippen LogP contribution in [0.1, 0.15) is 45.7 Å². The molecule has 0 bridgehead atoms. The number of carbonyl (C=O) groups is 1. The monoisotopic (exact) mass is 305 g/mol. The van der Waals surface area contributed by atoms with Crippen LogP contribution in [-0.4, -0.2) is 52.7 Å². The molecule has 122 valence electrons.